The lowest BCUT2D eigenvalue weighted by Gasteiger charge is -2.12. The maximum Gasteiger partial charge on any atom is 0.0900 e. The van der Waals surface area contributed by atoms with Crippen molar-refractivity contribution in [2.45, 2.75) is 33.7 Å². The average molecular weight is 210 g/mol. The highest BCUT2D eigenvalue weighted by Crippen LogP contribution is 2.24. The number of aryl methyl sites for hydroxylation is 2. The molecule has 1 heterocycles. The van der Waals surface area contributed by atoms with Crippen LogP contribution >= 0.6 is 11.3 Å². The van der Waals surface area contributed by atoms with E-state index < -0.39 is 0 Å². The summed E-state index contributed by atoms with van der Waals surface area (Å²) in [5, 5.41) is 4.56. The van der Waals surface area contributed by atoms with E-state index in [0.717, 1.165) is 22.8 Å². The van der Waals surface area contributed by atoms with Crippen molar-refractivity contribution in [1.82, 2.24) is 10.3 Å². The van der Waals surface area contributed by atoms with Crippen molar-refractivity contribution in [2.24, 2.45) is 0 Å². The van der Waals surface area contributed by atoms with Gasteiger partial charge in [0.15, 0.2) is 0 Å². The van der Waals surface area contributed by atoms with Crippen molar-refractivity contribution in [3.63, 3.8) is 0 Å². The summed E-state index contributed by atoms with van der Waals surface area (Å²) < 4.78 is 0. The zero-order valence-electron chi connectivity index (χ0n) is 9.35. The van der Waals surface area contributed by atoms with Crippen LogP contribution in [0, 0.1) is 13.8 Å². The quantitative estimate of drug-likeness (QED) is 0.773. The first-order chi connectivity index (χ1) is 6.50. The molecule has 1 atom stereocenters. The van der Waals surface area contributed by atoms with Gasteiger partial charge >= 0.3 is 0 Å². The molecule has 0 spiro atoms. The van der Waals surface area contributed by atoms with E-state index in [9.17, 15) is 0 Å². The van der Waals surface area contributed by atoms with Gasteiger partial charge < -0.3 is 5.32 Å². The maximum atomic E-state index is 4.42. The highest BCUT2D eigenvalue weighted by molar-refractivity contribution is 7.11. The predicted molar refractivity (Wildman–Crippen MR) is 62.8 cm³/mol. The number of nitrogens with zero attached hydrogens (tertiary/aromatic N) is 1. The van der Waals surface area contributed by atoms with Crippen molar-refractivity contribution in [1.29, 1.82) is 0 Å². The van der Waals surface area contributed by atoms with E-state index >= 15 is 0 Å². The van der Waals surface area contributed by atoms with Gasteiger partial charge in [0.05, 0.1) is 10.7 Å². The van der Waals surface area contributed by atoms with Gasteiger partial charge in [-0.15, -0.1) is 11.3 Å². The monoisotopic (exact) mass is 210 g/mol. The summed E-state index contributed by atoms with van der Waals surface area (Å²) in [5.41, 5.74) is 2.31. The summed E-state index contributed by atoms with van der Waals surface area (Å²) in [7, 11) is 0. The number of nitrogens with one attached hydrogen (secondary N) is 1. The lowest BCUT2D eigenvalue weighted by molar-refractivity contribution is 0.612. The van der Waals surface area contributed by atoms with E-state index in [1.807, 2.05) is 13.8 Å². The van der Waals surface area contributed by atoms with E-state index in [1.54, 1.807) is 11.3 Å². The molecule has 0 bridgehead atoms. The van der Waals surface area contributed by atoms with Crippen LogP contribution in [0.3, 0.4) is 0 Å². The normalized spacial score (nSPS) is 12.9. The average Bonchev–Trinajstić information content (AvgIpc) is 2.41. The molecule has 0 fully saturated rings. The lowest BCUT2D eigenvalue weighted by atomic mass is 10.2. The summed E-state index contributed by atoms with van der Waals surface area (Å²) in [6.07, 6.45) is 0. The second-order valence-corrected chi connectivity index (χ2v) is 4.98. The number of aromatic nitrogens is 1. The minimum atomic E-state index is 0.373. The minimum Gasteiger partial charge on any atom is -0.306 e. The van der Waals surface area contributed by atoms with E-state index in [0.29, 0.717) is 6.04 Å². The number of hydrogen-bond acceptors (Lipinski definition) is 3. The molecule has 0 radical (unpaired) electrons. The molecule has 1 unspecified atom stereocenters. The topological polar surface area (TPSA) is 24.9 Å². The second kappa shape index (κ2) is 4.71. The van der Waals surface area contributed by atoms with Crippen LogP contribution in [0.25, 0.3) is 0 Å². The van der Waals surface area contributed by atoms with Gasteiger partial charge in [0, 0.05) is 17.5 Å². The minimum absolute atomic E-state index is 0.373. The molecule has 78 valence electrons. The summed E-state index contributed by atoms with van der Waals surface area (Å²) in [5.74, 6) is 0. The van der Waals surface area contributed by atoms with E-state index in [4.69, 9.17) is 0 Å². The lowest BCUT2D eigenvalue weighted by Crippen LogP contribution is -2.20. The van der Waals surface area contributed by atoms with Gasteiger partial charge in [-0.3, -0.25) is 0 Å². The van der Waals surface area contributed by atoms with E-state index in [2.05, 4.69) is 30.7 Å². The van der Waals surface area contributed by atoms with Gasteiger partial charge in [0.25, 0.3) is 0 Å². The first kappa shape index (κ1) is 11.4. The van der Waals surface area contributed by atoms with Crippen LogP contribution in [-0.4, -0.2) is 11.5 Å². The smallest absolute Gasteiger partial charge is 0.0900 e. The molecule has 0 amide bonds. The van der Waals surface area contributed by atoms with Crippen molar-refractivity contribution < 1.29 is 0 Å². The van der Waals surface area contributed by atoms with E-state index in [-0.39, 0.29) is 0 Å². The molecule has 1 aromatic heterocycles. The van der Waals surface area contributed by atoms with Crippen LogP contribution in [0.4, 0.5) is 0 Å². The molecule has 1 rings (SSSR count). The van der Waals surface area contributed by atoms with Crippen LogP contribution in [0.5, 0.6) is 0 Å². The van der Waals surface area contributed by atoms with Crippen molar-refractivity contribution in [2.75, 3.05) is 6.54 Å². The van der Waals surface area contributed by atoms with Crippen LogP contribution in [0.15, 0.2) is 12.2 Å². The maximum absolute atomic E-state index is 4.42. The highest BCUT2D eigenvalue weighted by atomic mass is 32.1. The molecule has 0 aliphatic carbocycles. The Morgan fingerprint density at radius 3 is 2.64 bits per heavy atom. The second-order valence-electron chi connectivity index (χ2n) is 3.74. The molecule has 0 saturated carbocycles. The van der Waals surface area contributed by atoms with Crippen molar-refractivity contribution in [3.05, 3.63) is 27.7 Å². The van der Waals surface area contributed by atoms with E-state index in [1.165, 1.54) is 4.88 Å². The van der Waals surface area contributed by atoms with Crippen molar-refractivity contribution >= 4 is 11.3 Å². The molecular formula is C11H18N2S. The van der Waals surface area contributed by atoms with Crippen LogP contribution in [-0.2, 0) is 0 Å². The third-order valence-corrected chi connectivity index (χ3v) is 3.30. The Hall–Kier alpha value is -0.670. The third kappa shape index (κ3) is 2.93. The molecule has 2 nitrogen and oxygen atoms in total. The summed E-state index contributed by atoms with van der Waals surface area (Å²) >= 11 is 1.77. The molecule has 14 heavy (non-hydrogen) atoms. The molecule has 0 saturated heterocycles. The highest BCUT2D eigenvalue weighted by Gasteiger charge is 2.11. The van der Waals surface area contributed by atoms with Crippen molar-refractivity contribution in [3.8, 4) is 0 Å². The number of hydrogen-bond donors (Lipinski definition) is 1. The Bertz CT molecular complexity index is 328. The van der Waals surface area contributed by atoms with Gasteiger partial charge in [0.1, 0.15) is 0 Å². The number of thiazole rings is 1. The summed E-state index contributed by atoms with van der Waals surface area (Å²) in [6, 6.07) is 0.373. The van der Waals surface area contributed by atoms with Crippen LogP contribution < -0.4 is 5.32 Å². The standard InChI is InChI=1S/C11H18N2S/c1-7(2)6-12-8(3)11-9(4)13-10(5)14-11/h8,12H,1,6H2,2-5H3. The molecule has 0 aliphatic rings. The fraction of sp³-hybridized carbons (Fsp3) is 0.545. The zero-order valence-corrected chi connectivity index (χ0v) is 10.2. The SMILES string of the molecule is C=C(C)CNC(C)c1sc(C)nc1C. The predicted octanol–water partition coefficient (Wildman–Crippen LogP) is 2.99. The zero-order chi connectivity index (χ0) is 10.7. The molecule has 0 aromatic carbocycles. The van der Waals surface area contributed by atoms with Gasteiger partial charge in [-0.25, -0.2) is 4.98 Å². The van der Waals surface area contributed by atoms with Gasteiger partial charge in [-0.05, 0) is 27.7 Å². The molecule has 1 N–H and O–H groups in total. The molecule has 1 aromatic rings. The third-order valence-electron chi connectivity index (χ3n) is 2.04. The molecular weight excluding hydrogens is 192 g/mol. The Balaban J connectivity index is 2.64. The fourth-order valence-corrected chi connectivity index (χ4v) is 2.32. The Morgan fingerprint density at radius 1 is 1.57 bits per heavy atom. The van der Waals surface area contributed by atoms with Crippen LogP contribution in [0.2, 0.25) is 0 Å². The number of rotatable bonds is 4. The molecule has 0 aliphatic heterocycles. The first-order valence-corrected chi connectivity index (χ1v) is 5.64. The fourth-order valence-electron chi connectivity index (χ4n) is 1.37. The Labute approximate surface area is 90.1 Å². The van der Waals surface area contributed by atoms with Gasteiger partial charge in [0.2, 0.25) is 0 Å². The summed E-state index contributed by atoms with van der Waals surface area (Å²) in [6.45, 7) is 13.1. The molecule has 3 heteroatoms. The Kier molecular flexibility index (Phi) is 3.84. The van der Waals surface area contributed by atoms with Gasteiger partial charge in [-0.2, -0.15) is 0 Å². The van der Waals surface area contributed by atoms with Gasteiger partial charge in [-0.1, -0.05) is 12.2 Å². The largest absolute Gasteiger partial charge is 0.306 e. The Morgan fingerprint density at radius 2 is 2.21 bits per heavy atom. The summed E-state index contributed by atoms with van der Waals surface area (Å²) in [4.78, 5) is 5.75. The van der Waals surface area contributed by atoms with Crippen LogP contribution in [0.1, 0.15) is 35.5 Å². The first-order valence-electron chi connectivity index (χ1n) is 4.82.